The zero-order valence-electron chi connectivity index (χ0n) is 13.8. The molecule has 2 aromatic rings. The van der Waals surface area contributed by atoms with Crippen molar-refractivity contribution in [3.05, 3.63) is 53.3 Å². The Labute approximate surface area is 145 Å². The van der Waals surface area contributed by atoms with E-state index in [0.29, 0.717) is 6.54 Å². The van der Waals surface area contributed by atoms with E-state index < -0.39 is 11.7 Å². The summed E-state index contributed by atoms with van der Waals surface area (Å²) in [6, 6.07) is 8.78. The molecule has 1 amide bonds. The highest BCUT2D eigenvalue weighted by Gasteiger charge is 2.20. The fraction of sp³-hybridized carbons (Fsp3) is 0.316. The molecular formula is C19H21FN2O3. The number of ether oxygens (including phenoxy) is 1. The first-order valence-electron chi connectivity index (χ1n) is 8.33. The van der Waals surface area contributed by atoms with Gasteiger partial charge in [0.2, 0.25) is 0 Å². The van der Waals surface area contributed by atoms with Gasteiger partial charge in [0.05, 0.1) is 5.56 Å². The van der Waals surface area contributed by atoms with Gasteiger partial charge in [-0.1, -0.05) is 18.9 Å². The number of nitrogens with two attached hydrogens (primary N) is 1. The Morgan fingerprint density at radius 2 is 2.08 bits per heavy atom. The molecule has 0 aliphatic heterocycles. The van der Waals surface area contributed by atoms with Crippen molar-refractivity contribution in [1.82, 2.24) is 5.32 Å². The Kier molecular flexibility index (Phi) is 5.19. The van der Waals surface area contributed by atoms with Crippen LogP contribution in [0.4, 0.5) is 4.39 Å². The molecule has 3 rings (SSSR count). The van der Waals surface area contributed by atoms with Crippen LogP contribution in [0, 0.1) is 11.7 Å². The van der Waals surface area contributed by atoms with E-state index in [-0.39, 0.29) is 22.8 Å². The van der Waals surface area contributed by atoms with Gasteiger partial charge in [-0.25, -0.2) is 4.39 Å². The van der Waals surface area contributed by atoms with E-state index in [2.05, 4.69) is 5.32 Å². The van der Waals surface area contributed by atoms with Crippen LogP contribution >= 0.6 is 0 Å². The number of primary amides is 1. The van der Waals surface area contributed by atoms with Gasteiger partial charge in [0, 0.05) is 12.6 Å². The summed E-state index contributed by atoms with van der Waals surface area (Å²) in [4.78, 5) is 11.1. The van der Waals surface area contributed by atoms with Gasteiger partial charge in [0.25, 0.3) is 5.91 Å². The zero-order chi connectivity index (χ0) is 17.8. The van der Waals surface area contributed by atoms with Crippen molar-refractivity contribution in [3.63, 3.8) is 0 Å². The third kappa shape index (κ3) is 4.70. The number of halogens is 1. The lowest BCUT2D eigenvalue weighted by atomic mass is 10.2. The average molecular weight is 344 g/mol. The number of carbonyl (C=O) groups excluding carboxylic acids is 1. The largest absolute Gasteiger partial charge is 0.507 e. The summed E-state index contributed by atoms with van der Waals surface area (Å²) in [7, 11) is 0. The number of aromatic hydroxyl groups is 1. The molecule has 1 fully saturated rings. The Bertz CT molecular complexity index is 775. The fourth-order valence-corrected chi connectivity index (χ4v) is 2.59. The summed E-state index contributed by atoms with van der Waals surface area (Å²) in [6.07, 6.45) is 3.84. The fourth-order valence-electron chi connectivity index (χ4n) is 2.59. The van der Waals surface area contributed by atoms with Gasteiger partial charge in [0.15, 0.2) is 11.6 Å². The number of rotatable bonds is 8. The molecule has 0 bridgehead atoms. The molecule has 0 aromatic heterocycles. The normalized spacial score (nSPS) is 13.6. The summed E-state index contributed by atoms with van der Waals surface area (Å²) < 4.78 is 19.6. The molecule has 4 N–H and O–H groups in total. The highest BCUT2D eigenvalue weighted by Crippen LogP contribution is 2.32. The van der Waals surface area contributed by atoms with Gasteiger partial charge >= 0.3 is 0 Å². The Hall–Kier alpha value is -2.60. The molecule has 132 valence electrons. The Morgan fingerprint density at radius 3 is 2.72 bits per heavy atom. The van der Waals surface area contributed by atoms with Gasteiger partial charge in [-0.15, -0.1) is 0 Å². The second-order valence-electron chi connectivity index (χ2n) is 6.32. The molecule has 2 aromatic carbocycles. The van der Waals surface area contributed by atoms with Crippen molar-refractivity contribution in [1.29, 1.82) is 0 Å². The van der Waals surface area contributed by atoms with Gasteiger partial charge in [0.1, 0.15) is 11.5 Å². The number of benzene rings is 2. The number of hydrogen-bond donors (Lipinski definition) is 3. The van der Waals surface area contributed by atoms with Crippen LogP contribution in [-0.4, -0.2) is 17.6 Å². The molecule has 25 heavy (non-hydrogen) atoms. The maximum atomic E-state index is 14.2. The SMILES string of the molecule is NC(=O)c1ccc(Oc2ccc(CNCCC3CC3)cc2F)cc1O. The topological polar surface area (TPSA) is 84.6 Å². The van der Waals surface area contributed by atoms with Crippen molar-refractivity contribution in [2.45, 2.75) is 25.8 Å². The van der Waals surface area contributed by atoms with Gasteiger partial charge in [-0.05, 0) is 48.7 Å². The summed E-state index contributed by atoms with van der Waals surface area (Å²) in [5.74, 6) is -0.391. The molecule has 1 aliphatic rings. The lowest BCUT2D eigenvalue weighted by Crippen LogP contribution is -2.15. The van der Waals surface area contributed by atoms with E-state index in [9.17, 15) is 14.3 Å². The minimum Gasteiger partial charge on any atom is -0.507 e. The maximum Gasteiger partial charge on any atom is 0.252 e. The molecule has 0 unspecified atom stereocenters. The van der Waals surface area contributed by atoms with Crippen molar-refractivity contribution in [2.75, 3.05) is 6.54 Å². The van der Waals surface area contributed by atoms with E-state index in [1.54, 1.807) is 12.1 Å². The van der Waals surface area contributed by atoms with Crippen LogP contribution in [0.25, 0.3) is 0 Å². The minimum absolute atomic E-state index is 0.0135. The van der Waals surface area contributed by atoms with E-state index >= 15 is 0 Å². The van der Waals surface area contributed by atoms with Gasteiger partial charge in [-0.3, -0.25) is 4.79 Å². The van der Waals surface area contributed by atoms with Crippen LogP contribution in [0.3, 0.4) is 0 Å². The van der Waals surface area contributed by atoms with E-state index in [4.69, 9.17) is 10.5 Å². The molecule has 0 saturated heterocycles. The number of hydrogen-bond acceptors (Lipinski definition) is 4. The average Bonchev–Trinajstić information content (AvgIpc) is 3.38. The Morgan fingerprint density at radius 1 is 1.28 bits per heavy atom. The van der Waals surface area contributed by atoms with E-state index in [1.165, 1.54) is 43.5 Å². The van der Waals surface area contributed by atoms with Crippen LogP contribution in [0.2, 0.25) is 0 Å². The van der Waals surface area contributed by atoms with Crippen molar-refractivity contribution >= 4 is 5.91 Å². The summed E-state index contributed by atoms with van der Waals surface area (Å²) in [6.45, 7) is 1.55. The molecule has 0 atom stereocenters. The number of nitrogens with one attached hydrogen (secondary N) is 1. The summed E-state index contributed by atoms with van der Waals surface area (Å²) in [5.41, 5.74) is 5.95. The smallest absolute Gasteiger partial charge is 0.252 e. The number of amides is 1. The lowest BCUT2D eigenvalue weighted by molar-refractivity contribution is 0.0997. The highest BCUT2D eigenvalue weighted by molar-refractivity contribution is 5.95. The highest BCUT2D eigenvalue weighted by atomic mass is 19.1. The van der Waals surface area contributed by atoms with Gasteiger partial charge in [-0.2, -0.15) is 0 Å². The minimum atomic E-state index is -0.742. The molecule has 1 saturated carbocycles. The second-order valence-corrected chi connectivity index (χ2v) is 6.32. The molecule has 0 radical (unpaired) electrons. The third-order valence-electron chi connectivity index (χ3n) is 4.21. The number of phenols is 1. The van der Waals surface area contributed by atoms with E-state index in [1.807, 2.05) is 0 Å². The Balaban J connectivity index is 1.60. The molecular weight excluding hydrogens is 323 g/mol. The number of carbonyl (C=O) groups is 1. The van der Waals surface area contributed by atoms with Crippen molar-refractivity contribution < 1.29 is 19.0 Å². The first-order valence-corrected chi connectivity index (χ1v) is 8.33. The first-order chi connectivity index (χ1) is 12.0. The van der Waals surface area contributed by atoms with Crippen LogP contribution in [0.1, 0.15) is 35.2 Å². The monoisotopic (exact) mass is 344 g/mol. The van der Waals surface area contributed by atoms with Crippen LogP contribution in [0.5, 0.6) is 17.2 Å². The molecule has 6 heteroatoms. The lowest BCUT2D eigenvalue weighted by Gasteiger charge is -2.10. The maximum absolute atomic E-state index is 14.2. The third-order valence-corrected chi connectivity index (χ3v) is 4.21. The summed E-state index contributed by atoms with van der Waals surface area (Å²) in [5, 5.41) is 13.0. The quantitative estimate of drug-likeness (QED) is 0.642. The van der Waals surface area contributed by atoms with Crippen LogP contribution < -0.4 is 15.8 Å². The van der Waals surface area contributed by atoms with Crippen molar-refractivity contribution in [2.24, 2.45) is 11.7 Å². The molecule has 5 nitrogen and oxygen atoms in total. The van der Waals surface area contributed by atoms with E-state index in [0.717, 1.165) is 18.0 Å². The first kappa shape index (κ1) is 17.2. The predicted octanol–water partition coefficient (Wildman–Crippen LogP) is 3.31. The molecule has 1 aliphatic carbocycles. The molecule has 0 heterocycles. The van der Waals surface area contributed by atoms with Crippen LogP contribution in [-0.2, 0) is 6.54 Å². The summed E-state index contributed by atoms with van der Waals surface area (Å²) >= 11 is 0. The zero-order valence-corrected chi connectivity index (χ0v) is 13.8. The van der Waals surface area contributed by atoms with Crippen LogP contribution in [0.15, 0.2) is 36.4 Å². The van der Waals surface area contributed by atoms with Crippen molar-refractivity contribution in [3.8, 4) is 17.2 Å². The predicted molar refractivity (Wildman–Crippen MR) is 92.1 cm³/mol. The second kappa shape index (κ2) is 7.53. The van der Waals surface area contributed by atoms with Gasteiger partial charge < -0.3 is 20.9 Å². The molecule has 0 spiro atoms. The standard InChI is InChI=1S/C19H21FN2O3/c20-16-9-13(11-22-8-7-12-1-2-12)3-6-18(16)25-14-4-5-15(19(21)24)17(23)10-14/h3-6,9-10,12,22-23H,1-2,7-8,11H2,(H2,21,24).